The van der Waals surface area contributed by atoms with Crippen molar-refractivity contribution in [2.45, 2.75) is 12.8 Å². The number of rotatable bonds is 2. The molecule has 2 rings (SSSR count). The third kappa shape index (κ3) is 2.19. The van der Waals surface area contributed by atoms with Gasteiger partial charge in [-0.05, 0) is 0 Å². The Morgan fingerprint density at radius 3 is 1.82 bits per heavy atom. The van der Waals surface area contributed by atoms with Crippen LogP contribution in [0, 0.1) is 0 Å². The first-order valence-corrected chi connectivity index (χ1v) is 7.62. The molecule has 0 saturated heterocycles. The van der Waals surface area contributed by atoms with Crippen LogP contribution in [0.3, 0.4) is 0 Å². The molecule has 0 heterocycles. The first kappa shape index (κ1) is 8.06. The van der Waals surface area contributed by atoms with Gasteiger partial charge in [-0.1, -0.05) is 0 Å². The molecule has 0 aromatic rings. The van der Waals surface area contributed by atoms with Crippen LogP contribution in [0.1, 0.15) is 12.8 Å². The Morgan fingerprint density at radius 1 is 0.909 bits per heavy atom. The van der Waals surface area contributed by atoms with Gasteiger partial charge in [0.05, 0.1) is 0 Å². The molecule has 1 heteroatoms. The molecule has 0 amide bonds. The summed E-state index contributed by atoms with van der Waals surface area (Å²) in [6, 6.07) is 0. The fourth-order valence-corrected chi connectivity index (χ4v) is 5.75. The van der Waals surface area contributed by atoms with E-state index in [-0.39, 0.29) is 0 Å². The van der Waals surface area contributed by atoms with Crippen LogP contribution >= 0.6 is 0 Å². The van der Waals surface area contributed by atoms with Gasteiger partial charge >= 0.3 is 91.4 Å². The van der Waals surface area contributed by atoms with Gasteiger partial charge in [-0.15, -0.1) is 0 Å². The maximum absolute atomic E-state index is 2.33. The predicted molar refractivity (Wildman–Crippen MR) is 49.4 cm³/mol. The topological polar surface area (TPSA) is 0 Å². The van der Waals surface area contributed by atoms with Crippen LogP contribution in [-0.4, -0.2) is 41.0 Å². The Bertz CT molecular complexity index is 239. The second kappa shape index (κ2) is 3.90. The van der Waals surface area contributed by atoms with Crippen LogP contribution in [-0.2, 0) is 0 Å². The monoisotopic (exact) mass is 218 g/mol. The fourth-order valence-electron chi connectivity index (χ4n) is 1.54. The van der Waals surface area contributed by atoms with Gasteiger partial charge in [-0.25, -0.2) is 0 Å². The summed E-state index contributed by atoms with van der Waals surface area (Å²) in [6.07, 6.45) is 16.1. The van der Waals surface area contributed by atoms with Crippen molar-refractivity contribution in [3.63, 3.8) is 0 Å². The number of hydrogen-bond acceptors (Lipinski definition) is 0. The van der Waals surface area contributed by atoms with Crippen molar-refractivity contribution in [2.24, 2.45) is 0 Å². The van der Waals surface area contributed by atoms with Gasteiger partial charge in [0.2, 0.25) is 0 Å². The van der Waals surface area contributed by atoms with Crippen molar-refractivity contribution in [2.75, 3.05) is 0 Å². The van der Waals surface area contributed by atoms with Gasteiger partial charge in [-0.3, -0.25) is 0 Å². The minimum atomic E-state index is -0.663. The molecule has 0 aromatic heterocycles. The van der Waals surface area contributed by atoms with Gasteiger partial charge in [0.1, 0.15) is 0 Å². The van der Waals surface area contributed by atoms with Gasteiger partial charge in [0.15, 0.2) is 0 Å². The molecule has 0 N–H and O–H groups in total. The Balaban J connectivity index is 1.91. The van der Waals surface area contributed by atoms with Crippen molar-refractivity contribution in [1.82, 2.24) is 0 Å². The molecule has 0 spiro atoms. The zero-order valence-electron chi connectivity index (χ0n) is 6.59. The molecule has 0 aromatic carbocycles. The van der Waals surface area contributed by atoms with Crippen LogP contribution in [0.2, 0.25) is 0 Å². The summed E-state index contributed by atoms with van der Waals surface area (Å²) in [5.41, 5.74) is 0. The summed E-state index contributed by atoms with van der Waals surface area (Å²) in [4.78, 5) is 0. The number of hydrogen-bond donors (Lipinski definition) is 0. The van der Waals surface area contributed by atoms with Crippen molar-refractivity contribution in [1.29, 1.82) is 0 Å². The zero-order valence-corrected chi connectivity index (χ0v) is 10.1. The first-order chi connectivity index (χ1) is 5.45. The first-order valence-electron chi connectivity index (χ1n) is 4.14. The molecule has 11 heavy (non-hydrogen) atoms. The molecule has 0 bridgehead atoms. The van der Waals surface area contributed by atoms with Crippen molar-refractivity contribution < 1.29 is 0 Å². The summed E-state index contributed by atoms with van der Waals surface area (Å²) >= 11 is -0.663. The predicted octanol–water partition coefficient (Wildman–Crippen LogP) is 2.38. The Labute approximate surface area is 90.1 Å². The van der Waals surface area contributed by atoms with Crippen molar-refractivity contribution >= 4 is 41.0 Å². The molecule has 2 aliphatic carbocycles. The van der Waals surface area contributed by atoms with E-state index in [2.05, 4.69) is 36.5 Å². The Hall–Kier alpha value is 0.441. The Morgan fingerprint density at radius 2 is 1.45 bits per heavy atom. The zero-order chi connectivity index (χ0) is 7.52. The molecular formula is C10H10Sr. The molecule has 0 saturated carbocycles. The van der Waals surface area contributed by atoms with E-state index in [0.717, 1.165) is 0 Å². The average Bonchev–Trinajstić information content (AvgIpc) is 2.60. The second-order valence-corrected chi connectivity index (χ2v) is 8.43. The van der Waals surface area contributed by atoms with E-state index >= 15 is 0 Å². The van der Waals surface area contributed by atoms with Gasteiger partial charge in [0.25, 0.3) is 0 Å². The molecular weight excluding hydrogens is 208 g/mol. The van der Waals surface area contributed by atoms with E-state index < -0.39 is 41.0 Å². The summed E-state index contributed by atoms with van der Waals surface area (Å²) in [7, 11) is 0. The third-order valence-corrected chi connectivity index (χ3v) is 6.96. The second-order valence-electron chi connectivity index (χ2n) is 3.09. The molecule has 0 unspecified atom stereocenters. The van der Waals surface area contributed by atoms with Crippen LogP contribution in [0.4, 0.5) is 0 Å². The quantitative estimate of drug-likeness (QED) is 0.624. The van der Waals surface area contributed by atoms with E-state index in [1.165, 1.54) is 12.8 Å². The van der Waals surface area contributed by atoms with E-state index in [1.807, 2.05) is 0 Å². The standard InChI is InChI=1S/2C5H5.Sr/c2*1-2-4-5-3-1;/h2*1-3H,4H2;. The summed E-state index contributed by atoms with van der Waals surface area (Å²) < 4.78 is 3.53. The van der Waals surface area contributed by atoms with E-state index in [9.17, 15) is 0 Å². The number of allylic oxidation sites excluding steroid dienone is 8. The minimum absolute atomic E-state index is 0.663. The van der Waals surface area contributed by atoms with Gasteiger partial charge < -0.3 is 0 Å². The van der Waals surface area contributed by atoms with Crippen LogP contribution in [0.15, 0.2) is 37.5 Å². The average molecular weight is 218 g/mol. The van der Waals surface area contributed by atoms with Crippen molar-refractivity contribution in [3.8, 4) is 0 Å². The fraction of sp³-hybridized carbons (Fsp3) is 0.200. The molecule has 0 radical (unpaired) electrons. The third-order valence-electron chi connectivity index (χ3n) is 2.15. The van der Waals surface area contributed by atoms with E-state index in [4.69, 9.17) is 0 Å². The van der Waals surface area contributed by atoms with Gasteiger partial charge in [-0.2, -0.15) is 0 Å². The SMILES string of the molecule is C1=CC[C]([Sr][C]2=CC=CC2)=C1. The molecule has 2 aliphatic rings. The normalized spacial score (nSPS) is 20.0. The Kier molecular flexibility index (Phi) is 2.86. The van der Waals surface area contributed by atoms with Crippen LogP contribution < -0.4 is 0 Å². The molecule has 0 nitrogen and oxygen atoms in total. The summed E-state index contributed by atoms with van der Waals surface area (Å²) in [5.74, 6) is 0. The molecule has 0 fully saturated rings. The van der Waals surface area contributed by atoms with Crippen LogP contribution in [0.25, 0.3) is 0 Å². The molecule has 0 aliphatic heterocycles. The van der Waals surface area contributed by atoms with E-state index in [0.29, 0.717) is 0 Å². The van der Waals surface area contributed by atoms with Crippen LogP contribution in [0.5, 0.6) is 0 Å². The summed E-state index contributed by atoms with van der Waals surface area (Å²) in [5, 5.41) is 0. The molecule has 52 valence electrons. The summed E-state index contributed by atoms with van der Waals surface area (Å²) in [6.45, 7) is 0. The van der Waals surface area contributed by atoms with Crippen molar-refractivity contribution in [3.05, 3.63) is 37.5 Å². The van der Waals surface area contributed by atoms with E-state index in [1.54, 1.807) is 1.09 Å². The molecule has 0 atom stereocenters. The van der Waals surface area contributed by atoms with Gasteiger partial charge in [0, 0.05) is 0 Å². The maximum atomic E-state index is 2.33.